The van der Waals surface area contributed by atoms with Crippen molar-refractivity contribution in [1.29, 1.82) is 10.5 Å². The number of hydrazone groups is 1. The second kappa shape index (κ2) is 7.86. The summed E-state index contributed by atoms with van der Waals surface area (Å²) in [6, 6.07) is 6.05. The van der Waals surface area contributed by atoms with Gasteiger partial charge in [-0.1, -0.05) is 0 Å². The van der Waals surface area contributed by atoms with Crippen molar-refractivity contribution in [2.75, 3.05) is 25.6 Å². The number of likely N-dealkylation sites (tertiary alicyclic amines) is 1. The van der Waals surface area contributed by atoms with Crippen molar-refractivity contribution in [3.8, 4) is 17.9 Å². The third-order valence-electron chi connectivity index (χ3n) is 3.77. The number of nitrogens with one attached hydrogen (secondary N) is 1. The van der Waals surface area contributed by atoms with E-state index in [1.54, 1.807) is 0 Å². The van der Waals surface area contributed by atoms with Gasteiger partial charge in [0.25, 0.3) is 0 Å². The third-order valence-corrected chi connectivity index (χ3v) is 3.77. The second-order valence-corrected chi connectivity index (χ2v) is 5.63. The zero-order valence-corrected chi connectivity index (χ0v) is 13.5. The van der Waals surface area contributed by atoms with E-state index in [1.165, 1.54) is 18.2 Å². The Morgan fingerprint density at radius 1 is 1.28 bits per heavy atom. The molecule has 1 saturated heterocycles. The molecule has 1 aromatic carbocycles. The molecule has 0 aliphatic carbocycles. The van der Waals surface area contributed by atoms with E-state index in [1.807, 2.05) is 7.05 Å². The van der Waals surface area contributed by atoms with E-state index >= 15 is 0 Å². The highest BCUT2D eigenvalue weighted by Crippen LogP contribution is 2.36. The summed E-state index contributed by atoms with van der Waals surface area (Å²) < 4.78 is 44.6. The number of hydrogen-bond acceptors (Lipinski definition) is 6. The molecule has 1 aromatic rings. The molecule has 25 heavy (non-hydrogen) atoms. The molecule has 0 unspecified atom stereocenters. The Morgan fingerprint density at radius 3 is 2.48 bits per heavy atom. The predicted octanol–water partition coefficient (Wildman–Crippen LogP) is 2.99. The lowest BCUT2D eigenvalue weighted by molar-refractivity contribution is -0.137. The lowest BCUT2D eigenvalue weighted by Gasteiger charge is -2.30. The van der Waals surface area contributed by atoms with Gasteiger partial charge < -0.3 is 9.64 Å². The van der Waals surface area contributed by atoms with Gasteiger partial charge in [0.1, 0.15) is 24.0 Å². The average molecular weight is 351 g/mol. The van der Waals surface area contributed by atoms with Crippen molar-refractivity contribution in [3.05, 3.63) is 23.8 Å². The molecule has 0 radical (unpaired) electrons. The maximum Gasteiger partial charge on any atom is 0.416 e. The summed E-state index contributed by atoms with van der Waals surface area (Å²) in [5.41, 5.74) is 0.913. The number of hydrogen-bond donors (Lipinski definition) is 1. The number of piperidine rings is 1. The summed E-state index contributed by atoms with van der Waals surface area (Å²) in [5.74, 6) is 0.196. The highest BCUT2D eigenvalue weighted by Gasteiger charge is 2.31. The van der Waals surface area contributed by atoms with Gasteiger partial charge in [-0.3, -0.25) is 5.43 Å². The number of benzene rings is 1. The number of ether oxygens (including phenoxy) is 1. The Labute approximate surface area is 143 Å². The number of anilines is 1. The Bertz CT molecular complexity index is 709. The van der Waals surface area contributed by atoms with Gasteiger partial charge in [-0.25, -0.2) is 0 Å². The maximum absolute atomic E-state index is 12.9. The molecule has 2 rings (SSSR count). The molecule has 1 heterocycles. The summed E-state index contributed by atoms with van der Waals surface area (Å²) in [6.07, 6.45) is -3.15. The SMILES string of the molecule is CN1CCC(Oc2ccc(C(F)(F)F)cc2NN=C(C#N)C#N)CC1. The highest BCUT2D eigenvalue weighted by molar-refractivity contribution is 6.10. The number of alkyl halides is 3. The van der Waals surface area contributed by atoms with Gasteiger partial charge in [0, 0.05) is 13.1 Å². The van der Waals surface area contributed by atoms with Crippen molar-refractivity contribution in [3.63, 3.8) is 0 Å². The quantitative estimate of drug-likeness (QED) is 0.666. The first-order valence-electron chi connectivity index (χ1n) is 7.54. The van der Waals surface area contributed by atoms with Gasteiger partial charge in [-0.15, -0.1) is 0 Å². The normalized spacial score (nSPS) is 15.8. The number of rotatable bonds is 4. The Hall–Kier alpha value is -2.78. The van der Waals surface area contributed by atoms with Crippen molar-refractivity contribution in [2.45, 2.75) is 25.1 Å². The fourth-order valence-electron chi connectivity index (χ4n) is 2.37. The minimum absolute atomic E-state index is 0.0447. The van der Waals surface area contributed by atoms with Crippen LogP contribution in [-0.2, 0) is 6.18 Å². The van der Waals surface area contributed by atoms with Crippen molar-refractivity contribution >= 4 is 11.4 Å². The Morgan fingerprint density at radius 2 is 1.92 bits per heavy atom. The molecular weight excluding hydrogens is 335 g/mol. The number of halogens is 3. The van der Waals surface area contributed by atoms with Crippen LogP contribution in [0.3, 0.4) is 0 Å². The van der Waals surface area contributed by atoms with Crippen molar-refractivity contribution < 1.29 is 17.9 Å². The summed E-state index contributed by atoms with van der Waals surface area (Å²) in [7, 11) is 1.99. The molecule has 1 aliphatic heterocycles. The van der Waals surface area contributed by atoms with Crippen LogP contribution in [0, 0.1) is 22.7 Å². The average Bonchev–Trinajstić information content (AvgIpc) is 2.58. The van der Waals surface area contributed by atoms with E-state index in [9.17, 15) is 13.2 Å². The zero-order chi connectivity index (χ0) is 18.4. The molecule has 0 bridgehead atoms. The van der Waals surface area contributed by atoms with Crippen molar-refractivity contribution in [2.24, 2.45) is 5.10 Å². The van der Waals surface area contributed by atoms with Crippen LogP contribution in [0.1, 0.15) is 18.4 Å². The summed E-state index contributed by atoms with van der Waals surface area (Å²) in [5, 5.41) is 20.9. The highest BCUT2D eigenvalue weighted by atomic mass is 19.4. The van der Waals surface area contributed by atoms with Crippen LogP contribution < -0.4 is 10.2 Å². The summed E-state index contributed by atoms with van der Waals surface area (Å²) in [6.45, 7) is 1.67. The molecule has 1 aliphatic rings. The molecule has 1 N–H and O–H groups in total. The molecular formula is C16H16F3N5O. The van der Waals surface area contributed by atoms with Crippen LogP contribution in [0.4, 0.5) is 18.9 Å². The first-order chi connectivity index (χ1) is 11.8. The van der Waals surface area contributed by atoms with E-state index in [0.29, 0.717) is 0 Å². The van der Waals surface area contributed by atoms with E-state index in [4.69, 9.17) is 15.3 Å². The van der Waals surface area contributed by atoms with E-state index < -0.39 is 17.5 Å². The fourth-order valence-corrected chi connectivity index (χ4v) is 2.37. The molecule has 132 valence electrons. The number of nitrogens with zero attached hydrogens (tertiary/aromatic N) is 4. The lowest BCUT2D eigenvalue weighted by Crippen LogP contribution is -2.35. The molecule has 0 amide bonds. The topological polar surface area (TPSA) is 84.4 Å². The van der Waals surface area contributed by atoms with Crippen LogP contribution >= 0.6 is 0 Å². The monoisotopic (exact) mass is 351 g/mol. The van der Waals surface area contributed by atoms with Crippen LogP contribution in [0.2, 0.25) is 0 Å². The molecule has 0 atom stereocenters. The van der Waals surface area contributed by atoms with Gasteiger partial charge in [0.05, 0.1) is 11.3 Å². The summed E-state index contributed by atoms with van der Waals surface area (Å²) in [4.78, 5) is 2.14. The summed E-state index contributed by atoms with van der Waals surface area (Å²) >= 11 is 0. The smallest absolute Gasteiger partial charge is 0.416 e. The minimum Gasteiger partial charge on any atom is -0.488 e. The van der Waals surface area contributed by atoms with E-state index in [0.717, 1.165) is 38.1 Å². The largest absolute Gasteiger partial charge is 0.488 e. The second-order valence-electron chi connectivity index (χ2n) is 5.63. The number of nitriles is 2. The Kier molecular flexibility index (Phi) is 5.84. The van der Waals surface area contributed by atoms with E-state index in [2.05, 4.69) is 15.4 Å². The van der Waals surface area contributed by atoms with E-state index in [-0.39, 0.29) is 17.5 Å². The maximum atomic E-state index is 12.9. The van der Waals surface area contributed by atoms with Gasteiger partial charge in [-0.2, -0.15) is 28.8 Å². The molecule has 0 spiro atoms. The first-order valence-corrected chi connectivity index (χ1v) is 7.54. The first kappa shape index (κ1) is 18.6. The van der Waals surface area contributed by atoms with Crippen LogP contribution in [-0.4, -0.2) is 36.9 Å². The molecule has 1 fully saturated rings. The van der Waals surface area contributed by atoms with Gasteiger partial charge >= 0.3 is 6.18 Å². The molecule has 6 nitrogen and oxygen atoms in total. The predicted molar refractivity (Wildman–Crippen MR) is 84.9 cm³/mol. The van der Waals surface area contributed by atoms with Gasteiger partial charge in [0.2, 0.25) is 5.71 Å². The molecule has 0 aromatic heterocycles. The zero-order valence-electron chi connectivity index (χ0n) is 13.5. The van der Waals surface area contributed by atoms with Gasteiger partial charge in [-0.05, 0) is 38.1 Å². The third kappa shape index (κ3) is 5.10. The lowest BCUT2D eigenvalue weighted by atomic mass is 10.1. The van der Waals surface area contributed by atoms with Crippen LogP contribution in [0.15, 0.2) is 23.3 Å². The Balaban J connectivity index is 2.26. The molecule has 0 saturated carbocycles. The fraction of sp³-hybridized carbons (Fsp3) is 0.438. The van der Waals surface area contributed by atoms with Crippen LogP contribution in [0.5, 0.6) is 5.75 Å². The minimum atomic E-state index is -4.53. The van der Waals surface area contributed by atoms with Crippen LogP contribution in [0.25, 0.3) is 0 Å². The standard InChI is InChI=1S/C16H16F3N5O/c1-24-6-4-13(5-7-24)25-15-3-2-11(16(17,18)19)8-14(15)23-22-12(9-20)10-21/h2-3,8,13,23H,4-7H2,1H3. The van der Waals surface area contributed by atoms with Gasteiger partial charge in [0.15, 0.2) is 0 Å². The molecule has 9 heteroatoms. The van der Waals surface area contributed by atoms with Crippen molar-refractivity contribution in [1.82, 2.24) is 4.90 Å².